The maximum absolute atomic E-state index is 13.5. The molecule has 1 N–H and O–H groups in total. The molecule has 0 bridgehead atoms. The first-order chi connectivity index (χ1) is 17.9. The second-order valence-corrected chi connectivity index (χ2v) is 9.12. The van der Waals surface area contributed by atoms with Crippen LogP contribution in [0.3, 0.4) is 0 Å². The average molecular weight is 509 g/mol. The van der Waals surface area contributed by atoms with Gasteiger partial charge in [0.1, 0.15) is 12.6 Å². The fourth-order valence-corrected chi connectivity index (χ4v) is 3.91. The number of benzene rings is 2. The molecule has 0 aliphatic heterocycles. The van der Waals surface area contributed by atoms with Crippen LogP contribution in [0.4, 0.5) is 0 Å². The summed E-state index contributed by atoms with van der Waals surface area (Å²) in [5.74, 6) is 1.51. The van der Waals surface area contributed by atoms with Crippen LogP contribution in [0.2, 0.25) is 0 Å². The minimum absolute atomic E-state index is 0.150. The summed E-state index contributed by atoms with van der Waals surface area (Å²) < 4.78 is 10.6. The van der Waals surface area contributed by atoms with Crippen LogP contribution in [-0.2, 0) is 22.7 Å². The van der Waals surface area contributed by atoms with Crippen molar-refractivity contribution in [1.82, 2.24) is 30.4 Å². The Hall–Kier alpha value is -3.95. The molecule has 1 aromatic heterocycles. The van der Waals surface area contributed by atoms with Gasteiger partial charge in [-0.05, 0) is 47.7 Å². The first-order valence-electron chi connectivity index (χ1n) is 12.5. The molecule has 10 heteroatoms. The predicted molar refractivity (Wildman–Crippen MR) is 140 cm³/mol. The molecule has 198 valence electrons. The van der Waals surface area contributed by atoms with Crippen molar-refractivity contribution in [2.75, 3.05) is 20.8 Å². The van der Waals surface area contributed by atoms with Crippen molar-refractivity contribution in [2.45, 2.75) is 52.7 Å². The van der Waals surface area contributed by atoms with Gasteiger partial charge < -0.3 is 19.7 Å². The van der Waals surface area contributed by atoms with E-state index in [9.17, 15) is 9.59 Å². The quantitative estimate of drug-likeness (QED) is 0.377. The summed E-state index contributed by atoms with van der Waals surface area (Å²) >= 11 is 0. The van der Waals surface area contributed by atoms with Crippen LogP contribution in [0, 0.1) is 5.92 Å². The molecule has 2 amide bonds. The molecule has 2 aromatic carbocycles. The standard InChI is InChI=1S/C27H36N6O4/c1-6-22(27(35)28-15-14-19(2)3)32(17-20-10-8-7-9-11-20)25(34)18-33-30-26(29-31-33)21-12-13-23(36-4)24(16-21)37-5/h7-13,16,19,22H,6,14-15,17-18H2,1-5H3,(H,28,35)/t22-/m1/s1. The summed E-state index contributed by atoms with van der Waals surface area (Å²) in [4.78, 5) is 29.4. The Morgan fingerprint density at radius 3 is 2.43 bits per heavy atom. The molecule has 0 radical (unpaired) electrons. The Bertz CT molecular complexity index is 1160. The summed E-state index contributed by atoms with van der Waals surface area (Å²) in [5, 5.41) is 15.6. The number of aromatic nitrogens is 4. The fraction of sp³-hybridized carbons (Fsp3) is 0.444. The van der Waals surface area contributed by atoms with Crippen molar-refractivity contribution in [3.63, 3.8) is 0 Å². The highest BCUT2D eigenvalue weighted by atomic mass is 16.5. The Balaban J connectivity index is 1.80. The number of carbonyl (C=O) groups excluding carboxylic acids is 2. The van der Waals surface area contributed by atoms with Crippen LogP contribution in [0.5, 0.6) is 11.5 Å². The molecular formula is C27H36N6O4. The number of carbonyl (C=O) groups is 2. The molecular weight excluding hydrogens is 472 g/mol. The Morgan fingerprint density at radius 2 is 1.78 bits per heavy atom. The SMILES string of the molecule is CC[C@H](C(=O)NCCC(C)C)N(Cc1ccccc1)C(=O)Cn1nnc(-c2ccc(OC)c(OC)c2)n1. The van der Waals surface area contributed by atoms with Crippen LogP contribution in [-0.4, -0.2) is 63.7 Å². The number of rotatable bonds is 13. The highest BCUT2D eigenvalue weighted by Gasteiger charge is 2.29. The van der Waals surface area contributed by atoms with Gasteiger partial charge in [-0.15, -0.1) is 10.2 Å². The minimum Gasteiger partial charge on any atom is -0.493 e. The number of methoxy groups -OCH3 is 2. The molecule has 0 saturated carbocycles. The van der Waals surface area contributed by atoms with E-state index in [4.69, 9.17) is 9.47 Å². The van der Waals surface area contributed by atoms with Gasteiger partial charge in [0.15, 0.2) is 11.5 Å². The van der Waals surface area contributed by atoms with Gasteiger partial charge in [0.05, 0.1) is 14.2 Å². The van der Waals surface area contributed by atoms with Crippen molar-refractivity contribution in [3.8, 4) is 22.9 Å². The normalized spacial score (nSPS) is 11.7. The van der Waals surface area contributed by atoms with Gasteiger partial charge >= 0.3 is 0 Å². The number of ether oxygens (including phenoxy) is 2. The largest absolute Gasteiger partial charge is 0.493 e. The van der Waals surface area contributed by atoms with Gasteiger partial charge in [0.25, 0.3) is 0 Å². The zero-order valence-corrected chi connectivity index (χ0v) is 22.2. The Kier molecular flexibility index (Phi) is 10.00. The molecule has 3 rings (SSSR count). The summed E-state index contributed by atoms with van der Waals surface area (Å²) in [7, 11) is 3.11. The van der Waals surface area contributed by atoms with Gasteiger partial charge in [-0.1, -0.05) is 51.1 Å². The lowest BCUT2D eigenvalue weighted by atomic mass is 10.1. The fourth-order valence-electron chi connectivity index (χ4n) is 3.91. The van der Waals surface area contributed by atoms with E-state index < -0.39 is 6.04 Å². The number of nitrogens with zero attached hydrogens (tertiary/aromatic N) is 5. The number of nitrogens with one attached hydrogen (secondary N) is 1. The van der Waals surface area contributed by atoms with Crippen molar-refractivity contribution in [1.29, 1.82) is 0 Å². The van der Waals surface area contributed by atoms with Gasteiger partial charge in [-0.2, -0.15) is 4.80 Å². The first kappa shape index (κ1) is 27.6. The lowest BCUT2D eigenvalue weighted by molar-refractivity contribution is -0.142. The average Bonchev–Trinajstić information content (AvgIpc) is 3.36. The third-order valence-electron chi connectivity index (χ3n) is 5.97. The highest BCUT2D eigenvalue weighted by molar-refractivity contribution is 5.87. The smallest absolute Gasteiger partial charge is 0.247 e. The van der Waals surface area contributed by atoms with Crippen molar-refractivity contribution in [2.24, 2.45) is 5.92 Å². The van der Waals surface area contributed by atoms with Gasteiger partial charge in [-0.25, -0.2) is 0 Å². The Labute approximate surface area is 217 Å². The first-order valence-corrected chi connectivity index (χ1v) is 12.5. The van der Waals surface area contributed by atoms with Crippen molar-refractivity contribution in [3.05, 3.63) is 54.1 Å². The van der Waals surface area contributed by atoms with Crippen LogP contribution < -0.4 is 14.8 Å². The molecule has 0 aliphatic carbocycles. The minimum atomic E-state index is -0.617. The van der Waals surface area contributed by atoms with Crippen molar-refractivity contribution < 1.29 is 19.1 Å². The molecule has 37 heavy (non-hydrogen) atoms. The van der Waals surface area contributed by atoms with E-state index in [1.807, 2.05) is 37.3 Å². The third-order valence-corrected chi connectivity index (χ3v) is 5.97. The number of hydrogen-bond donors (Lipinski definition) is 1. The van der Waals surface area contributed by atoms with Gasteiger partial charge in [0, 0.05) is 18.7 Å². The molecule has 0 spiro atoms. The van der Waals surface area contributed by atoms with Crippen LogP contribution >= 0.6 is 0 Å². The predicted octanol–water partition coefficient (Wildman–Crippen LogP) is 3.33. The zero-order chi connectivity index (χ0) is 26.8. The number of amides is 2. The zero-order valence-electron chi connectivity index (χ0n) is 22.2. The second-order valence-electron chi connectivity index (χ2n) is 9.12. The topological polar surface area (TPSA) is 111 Å². The van der Waals surface area contributed by atoms with Gasteiger partial charge in [-0.3, -0.25) is 9.59 Å². The van der Waals surface area contributed by atoms with Crippen LogP contribution in [0.1, 0.15) is 39.2 Å². The maximum atomic E-state index is 13.5. The molecule has 0 aliphatic rings. The lowest BCUT2D eigenvalue weighted by Crippen LogP contribution is -2.50. The summed E-state index contributed by atoms with van der Waals surface area (Å²) in [5.41, 5.74) is 1.61. The highest BCUT2D eigenvalue weighted by Crippen LogP contribution is 2.30. The molecule has 3 aromatic rings. The maximum Gasteiger partial charge on any atom is 0.247 e. The van der Waals surface area contributed by atoms with E-state index in [0.717, 1.165) is 12.0 Å². The van der Waals surface area contributed by atoms with E-state index in [1.54, 1.807) is 37.3 Å². The molecule has 0 saturated heterocycles. The second kappa shape index (κ2) is 13.4. The van der Waals surface area contributed by atoms with Gasteiger partial charge in [0.2, 0.25) is 17.6 Å². The molecule has 0 fully saturated rings. The molecule has 1 heterocycles. The van der Waals surface area contributed by atoms with Crippen molar-refractivity contribution >= 4 is 11.8 Å². The van der Waals surface area contributed by atoms with E-state index in [0.29, 0.717) is 48.3 Å². The number of hydrogen-bond acceptors (Lipinski definition) is 7. The Morgan fingerprint density at radius 1 is 1.05 bits per heavy atom. The van der Waals surface area contributed by atoms with Crippen LogP contribution in [0.25, 0.3) is 11.4 Å². The number of tetrazole rings is 1. The van der Waals surface area contributed by atoms with E-state index in [1.165, 1.54) is 4.80 Å². The summed E-state index contributed by atoms with van der Waals surface area (Å²) in [6.45, 7) is 6.84. The van der Waals surface area contributed by atoms with E-state index in [2.05, 4.69) is 34.6 Å². The molecule has 10 nitrogen and oxygen atoms in total. The third kappa shape index (κ3) is 7.52. The molecule has 1 atom stereocenters. The molecule has 0 unspecified atom stereocenters. The summed E-state index contributed by atoms with van der Waals surface area (Å²) in [6, 6.07) is 14.3. The van der Waals surface area contributed by atoms with Crippen LogP contribution in [0.15, 0.2) is 48.5 Å². The van der Waals surface area contributed by atoms with E-state index >= 15 is 0 Å². The van der Waals surface area contributed by atoms with E-state index in [-0.39, 0.29) is 18.4 Å². The monoisotopic (exact) mass is 508 g/mol. The summed E-state index contributed by atoms with van der Waals surface area (Å²) in [6.07, 6.45) is 1.35. The lowest BCUT2D eigenvalue weighted by Gasteiger charge is -2.30.